The average Bonchev–Trinajstić information content (AvgIpc) is 3.57. The van der Waals surface area contributed by atoms with Crippen LogP contribution in [-0.4, -0.2) is 52.5 Å². The monoisotopic (exact) mass is 519 g/mol. The highest BCUT2D eigenvalue weighted by molar-refractivity contribution is 6.03. The molecule has 204 valence electrons. The fourth-order valence-corrected chi connectivity index (χ4v) is 7.66. The molecule has 5 atom stereocenters. The first kappa shape index (κ1) is 25.6. The molecule has 5 aliphatic rings. The van der Waals surface area contributed by atoms with Crippen LogP contribution >= 0.6 is 0 Å². The molecule has 0 aromatic heterocycles. The van der Waals surface area contributed by atoms with E-state index in [-0.39, 0.29) is 29.8 Å². The quantitative estimate of drug-likeness (QED) is 0.534. The second-order valence-corrected chi connectivity index (χ2v) is 12.3. The molecule has 1 spiro atoms. The molecule has 38 heavy (non-hydrogen) atoms. The van der Waals surface area contributed by atoms with Crippen molar-refractivity contribution < 1.29 is 19.1 Å². The van der Waals surface area contributed by atoms with E-state index < -0.39 is 29.6 Å². The molecule has 6 rings (SSSR count). The number of nitrogens with one attached hydrogen (secondary N) is 2. The van der Waals surface area contributed by atoms with Gasteiger partial charge in [-0.25, -0.2) is 0 Å². The van der Waals surface area contributed by atoms with Gasteiger partial charge in [-0.3, -0.25) is 14.4 Å². The van der Waals surface area contributed by atoms with E-state index in [1.807, 2.05) is 41.3 Å². The molecule has 2 aliphatic carbocycles. The zero-order valence-electron chi connectivity index (χ0n) is 22.7. The van der Waals surface area contributed by atoms with Crippen LogP contribution in [0, 0.1) is 11.8 Å². The molecule has 2 saturated carbocycles. The van der Waals surface area contributed by atoms with Crippen molar-refractivity contribution in [3.05, 3.63) is 42.0 Å². The first-order chi connectivity index (χ1) is 18.4. The summed E-state index contributed by atoms with van der Waals surface area (Å²) in [5.41, 5.74) is 0.831. The van der Waals surface area contributed by atoms with Crippen LogP contribution in [0.5, 0.6) is 0 Å². The van der Waals surface area contributed by atoms with E-state index in [0.717, 1.165) is 57.8 Å². The molecule has 7 nitrogen and oxygen atoms in total. The summed E-state index contributed by atoms with van der Waals surface area (Å²) in [6.45, 7) is 4.27. The predicted octanol–water partition coefficient (Wildman–Crippen LogP) is 4.68. The number of fused-ring (bicyclic) bond motifs is 1. The van der Waals surface area contributed by atoms with Gasteiger partial charge in [-0.2, -0.15) is 0 Å². The summed E-state index contributed by atoms with van der Waals surface area (Å²) in [7, 11) is 0. The normalized spacial score (nSPS) is 33.1. The number of amides is 3. The number of carbonyl (C=O) groups is 3. The number of rotatable bonds is 6. The molecule has 4 fully saturated rings. The van der Waals surface area contributed by atoms with Crippen LogP contribution in [0.3, 0.4) is 0 Å². The maximum atomic E-state index is 14.2. The van der Waals surface area contributed by atoms with E-state index >= 15 is 0 Å². The topological polar surface area (TPSA) is 87.7 Å². The van der Waals surface area contributed by atoms with Gasteiger partial charge in [0.1, 0.15) is 11.6 Å². The van der Waals surface area contributed by atoms with E-state index in [2.05, 4.69) is 24.5 Å². The Morgan fingerprint density at radius 2 is 1.61 bits per heavy atom. The van der Waals surface area contributed by atoms with Crippen LogP contribution in [0.1, 0.15) is 89.5 Å². The number of likely N-dealkylation sites (tertiary alicyclic amines) is 1. The standard InChI is InChI=1S/C31H41N3O4/c1-19(2)20-13-15-22(16-14-20)32-28(35)25-24-17-18-31(38-24)26(25)30(37)34(23-11-7-4-8-12-23)27(31)29(36)33-21-9-5-3-6-10-21/h13-19,21,23-27H,3-12H2,1-2H3,(H,32,35)(H,33,36)/t24-,25+,26-,27+,31-/m1/s1. The molecule has 2 saturated heterocycles. The van der Waals surface area contributed by atoms with Gasteiger partial charge < -0.3 is 20.3 Å². The van der Waals surface area contributed by atoms with Crippen molar-refractivity contribution in [1.82, 2.24) is 10.2 Å². The largest absolute Gasteiger partial charge is 0.359 e. The molecule has 1 aromatic carbocycles. The number of hydrogen-bond acceptors (Lipinski definition) is 4. The minimum atomic E-state index is -1.08. The summed E-state index contributed by atoms with van der Waals surface area (Å²) in [5.74, 6) is -1.36. The SMILES string of the molecule is CC(C)c1ccc(NC(=O)[C@H]2[C@H]3C=C[C@]4(O3)[C@H](C(=O)NC3CCCCC3)N(C3CCCCC3)C(=O)[C@@H]24)cc1. The lowest BCUT2D eigenvalue weighted by Gasteiger charge is -2.39. The number of ether oxygens (including phenoxy) is 1. The summed E-state index contributed by atoms with van der Waals surface area (Å²) in [5, 5.41) is 6.34. The van der Waals surface area contributed by atoms with Crippen molar-refractivity contribution in [1.29, 1.82) is 0 Å². The van der Waals surface area contributed by atoms with Crippen molar-refractivity contribution in [3.8, 4) is 0 Å². The Labute approximate surface area is 225 Å². The lowest BCUT2D eigenvalue weighted by molar-refractivity contribution is -0.144. The maximum Gasteiger partial charge on any atom is 0.246 e. The van der Waals surface area contributed by atoms with Crippen molar-refractivity contribution in [2.75, 3.05) is 5.32 Å². The smallest absolute Gasteiger partial charge is 0.246 e. The fraction of sp³-hybridized carbons (Fsp3) is 0.645. The maximum absolute atomic E-state index is 14.2. The molecular formula is C31H41N3O4. The van der Waals surface area contributed by atoms with Gasteiger partial charge >= 0.3 is 0 Å². The van der Waals surface area contributed by atoms with Gasteiger partial charge in [-0.05, 0) is 49.3 Å². The summed E-state index contributed by atoms with van der Waals surface area (Å²) in [6, 6.07) is 7.31. The van der Waals surface area contributed by atoms with Crippen molar-refractivity contribution in [2.45, 2.75) is 114 Å². The molecule has 7 heteroatoms. The molecule has 2 N–H and O–H groups in total. The van der Waals surface area contributed by atoms with E-state index in [0.29, 0.717) is 11.6 Å². The Hall–Kier alpha value is -2.67. The highest BCUT2D eigenvalue weighted by atomic mass is 16.5. The van der Waals surface area contributed by atoms with E-state index in [9.17, 15) is 14.4 Å². The van der Waals surface area contributed by atoms with Crippen LogP contribution in [0.25, 0.3) is 0 Å². The van der Waals surface area contributed by atoms with Gasteiger partial charge in [-0.15, -0.1) is 0 Å². The molecule has 1 aromatic rings. The molecule has 0 radical (unpaired) electrons. The minimum absolute atomic E-state index is 0.0154. The van der Waals surface area contributed by atoms with E-state index in [4.69, 9.17) is 4.74 Å². The van der Waals surface area contributed by atoms with Crippen molar-refractivity contribution >= 4 is 23.4 Å². The lowest BCUT2D eigenvalue weighted by Crippen LogP contribution is -2.58. The second-order valence-electron chi connectivity index (χ2n) is 12.3. The van der Waals surface area contributed by atoms with Crippen molar-refractivity contribution in [3.63, 3.8) is 0 Å². The summed E-state index contributed by atoms with van der Waals surface area (Å²) < 4.78 is 6.53. The summed E-state index contributed by atoms with van der Waals surface area (Å²) in [6.07, 6.45) is 13.8. The lowest BCUT2D eigenvalue weighted by atomic mass is 9.74. The third-order valence-electron chi connectivity index (χ3n) is 9.63. The van der Waals surface area contributed by atoms with Crippen molar-refractivity contribution in [2.24, 2.45) is 11.8 Å². The first-order valence-corrected chi connectivity index (χ1v) is 14.8. The summed E-state index contributed by atoms with van der Waals surface area (Å²) in [4.78, 5) is 43.7. The highest BCUT2D eigenvalue weighted by Crippen LogP contribution is 2.56. The molecular weight excluding hydrogens is 478 g/mol. The van der Waals surface area contributed by atoms with Gasteiger partial charge in [0.15, 0.2) is 0 Å². The number of nitrogens with zero attached hydrogens (tertiary/aromatic N) is 1. The van der Waals surface area contributed by atoms with Crippen LogP contribution in [0.4, 0.5) is 5.69 Å². The summed E-state index contributed by atoms with van der Waals surface area (Å²) >= 11 is 0. The molecule has 2 bridgehead atoms. The zero-order valence-corrected chi connectivity index (χ0v) is 22.7. The zero-order chi connectivity index (χ0) is 26.4. The molecule has 0 unspecified atom stereocenters. The number of anilines is 1. The third-order valence-corrected chi connectivity index (χ3v) is 9.63. The van der Waals surface area contributed by atoms with Gasteiger partial charge in [0.05, 0.1) is 17.9 Å². The van der Waals surface area contributed by atoms with Gasteiger partial charge in [0, 0.05) is 17.8 Å². The van der Waals surface area contributed by atoms with Crippen LogP contribution in [-0.2, 0) is 19.1 Å². The first-order valence-electron chi connectivity index (χ1n) is 14.8. The Morgan fingerprint density at radius 3 is 2.26 bits per heavy atom. The number of benzene rings is 1. The van der Waals surface area contributed by atoms with Crippen LogP contribution in [0.2, 0.25) is 0 Å². The van der Waals surface area contributed by atoms with Crippen LogP contribution < -0.4 is 10.6 Å². The molecule has 3 aliphatic heterocycles. The number of carbonyl (C=O) groups excluding carboxylic acids is 3. The molecule has 3 heterocycles. The van der Waals surface area contributed by atoms with Gasteiger partial charge in [0.25, 0.3) is 0 Å². The van der Waals surface area contributed by atoms with E-state index in [1.54, 1.807) is 0 Å². The Bertz CT molecular complexity index is 1100. The second kappa shape index (κ2) is 10.1. The highest BCUT2D eigenvalue weighted by Gasteiger charge is 2.73. The van der Waals surface area contributed by atoms with Gasteiger partial charge in [0.2, 0.25) is 17.7 Å². The minimum Gasteiger partial charge on any atom is -0.359 e. The van der Waals surface area contributed by atoms with E-state index in [1.165, 1.54) is 12.0 Å². The number of hydrogen-bond donors (Lipinski definition) is 2. The molecule has 3 amide bonds. The fourth-order valence-electron chi connectivity index (χ4n) is 7.66. The Kier molecular flexibility index (Phi) is 6.83. The van der Waals surface area contributed by atoms with Crippen LogP contribution in [0.15, 0.2) is 36.4 Å². The Balaban J connectivity index is 1.29. The Morgan fingerprint density at radius 1 is 0.947 bits per heavy atom. The van der Waals surface area contributed by atoms with Gasteiger partial charge in [-0.1, -0.05) is 76.7 Å². The third kappa shape index (κ3) is 4.27. The average molecular weight is 520 g/mol. The predicted molar refractivity (Wildman–Crippen MR) is 145 cm³/mol.